The first-order valence-electron chi connectivity index (χ1n) is 6.56. The molecule has 2 aromatic rings. The average Bonchev–Trinajstić information content (AvgIpc) is 2.86. The summed E-state index contributed by atoms with van der Waals surface area (Å²) in [5.41, 5.74) is 7.11. The highest BCUT2D eigenvalue weighted by atomic mass is 79.9. The van der Waals surface area contributed by atoms with E-state index in [9.17, 15) is 0 Å². The minimum atomic E-state index is 0.309. The lowest BCUT2D eigenvalue weighted by molar-refractivity contribution is 0.911. The molecule has 18 heavy (non-hydrogen) atoms. The fraction of sp³-hybridized carbons (Fsp3) is 0.294. The first-order valence-corrected chi connectivity index (χ1v) is 7.48. The van der Waals surface area contributed by atoms with Crippen LogP contribution < -0.4 is 0 Å². The second-order valence-corrected chi connectivity index (χ2v) is 6.07. The molecule has 0 aliphatic heterocycles. The van der Waals surface area contributed by atoms with Crippen molar-refractivity contribution in [3.05, 3.63) is 70.3 Å². The third kappa shape index (κ3) is 2.24. The Morgan fingerprint density at radius 3 is 2.33 bits per heavy atom. The van der Waals surface area contributed by atoms with Gasteiger partial charge in [-0.2, -0.15) is 0 Å². The van der Waals surface area contributed by atoms with E-state index in [1.165, 1.54) is 36.0 Å². The van der Waals surface area contributed by atoms with Gasteiger partial charge in [0.05, 0.1) is 4.83 Å². The Hall–Kier alpha value is -1.08. The van der Waals surface area contributed by atoms with E-state index >= 15 is 0 Å². The Morgan fingerprint density at radius 2 is 1.56 bits per heavy atom. The molecule has 0 spiro atoms. The molecule has 1 aliphatic carbocycles. The molecular weight excluding hydrogens is 284 g/mol. The topological polar surface area (TPSA) is 0 Å². The zero-order valence-corrected chi connectivity index (χ0v) is 12.2. The number of fused-ring (bicyclic) bond motifs is 1. The molecule has 0 bridgehead atoms. The highest BCUT2D eigenvalue weighted by Crippen LogP contribution is 2.33. The lowest BCUT2D eigenvalue weighted by Crippen LogP contribution is -1.94. The van der Waals surface area contributed by atoms with Crippen molar-refractivity contribution in [3.8, 4) is 0 Å². The van der Waals surface area contributed by atoms with Gasteiger partial charge in [0, 0.05) is 0 Å². The Bertz CT molecular complexity index is 554. The highest BCUT2D eigenvalue weighted by Gasteiger charge is 2.15. The van der Waals surface area contributed by atoms with E-state index in [2.05, 4.69) is 65.3 Å². The Balaban J connectivity index is 1.92. The highest BCUT2D eigenvalue weighted by molar-refractivity contribution is 9.09. The maximum absolute atomic E-state index is 3.83. The molecular formula is C17H17Br. The van der Waals surface area contributed by atoms with E-state index < -0.39 is 0 Å². The van der Waals surface area contributed by atoms with Crippen LogP contribution in [0.2, 0.25) is 0 Å². The van der Waals surface area contributed by atoms with Crippen molar-refractivity contribution in [1.82, 2.24) is 0 Å². The van der Waals surface area contributed by atoms with Crippen LogP contribution in [0.15, 0.2) is 42.5 Å². The van der Waals surface area contributed by atoms with Crippen molar-refractivity contribution in [2.75, 3.05) is 0 Å². The molecule has 0 heterocycles. The van der Waals surface area contributed by atoms with Gasteiger partial charge in [0.2, 0.25) is 0 Å². The number of rotatable bonds is 2. The number of aryl methyl sites for hydroxylation is 3. The van der Waals surface area contributed by atoms with E-state index in [4.69, 9.17) is 0 Å². The Kier molecular flexibility index (Phi) is 3.25. The maximum Gasteiger partial charge on any atom is 0.0644 e. The number of hydrogen-bond donors (Lipinski definition) is 0. The SMILES string of the molecule is Cc1ccc(C(Br)c2ccc3c(c2)CCC3)cc1. The Labute approximate surface area is 117 Å². The van der Waals surface area contributed by atoms with Crippen molar-refractivity contribution >= 4 is 15.9 Å². The van der Waals surface area contributed by atoms with Gasteiger partial charge >= 0.3 is 0 Å². The van der Waals surface area contributed by atoms with Gasteiger partial charge in [-0.05, 0) is 48.4 Å². The summed E-state index contributed by atoms with van der Waals surface area (Å²) in [6.45, 7) is 2.13. The van der Waals surface area contributed by atoms with Crippen LogP contribution in [0, 0.1) is 6.92 Å². The summed E-state index contributed by atoms with van der Waals surface area (Å²) in [5, 5.41) is 0. The van der Waals surface area contributed by atoms with Crippen LogP contribution >= 0.6 is 15.9 Å². The first-order chi connectivity index (χ1) is 8.74. The lowest BCUT2D eigenvalue weighted by atomic mass is 10.00. The molecule has 0 N–H and O–H groups in total. The summed E-state index contributed by atoms with van der Waals surface area (Å²) in [5.74, 6) is 0. The van der Waals surface area contributed by atoms with Crippen LogP contribution in [0.5, 0.6) is 0 Å². The van der Waals surface area contributed by atoms with Gasteiger partial charge in [0.25, 0.3) is 0 Å². The molecule has 2 aromatic carbocycles. The summed E-state index contributed by atoms with van der Waals surface area (Å²) in [6.07, 6.45) is 3.82. The minimum absolute atomic E-state index is 0.309. The lowest BCUT2D eigenvalue weighted by Gasteiger charge is -2.12. The van der Waals surface area contributed by atoms with Crippen LogP contribution in [0.4, 0.5) is 0 Å². The molecule has 1 atom stereocenters. The zero-order chi connectivity index (χ0) is 12.5. The van der Waals surface area contributed by atoms with E-state index in [1.54, 1.807) is 11.1 Å². The summed E-state index contributed by atoms with van der Waals surface area (Å²) in [7, 11) is 0. The van der Waals surface area contributed by atoms with Gasteiger partial charge in [0.1, 0.15) is 0 Å². The number of alkyl halides is 1. The van der Waals surface area contributed by atoms with Gasteiger partial charge in [-0.1, -0.05) is 64.0 Å². The van der Waals surface area contributed by atoms with Crippen molar-refractivity contribution in [1.29, 1.82) is 0 Å². The van der Waals surface area contributed by atoms with Gasteiger partial charge in [-0.25, -0.2) is 0 Å². The molecule has 3 rings (SSSR count). The molecule has 0 amide bonds. The maximum atomic E-state index is 3.83. The van der Waals surface area contributed by atoms with Crippen molar-refractivity contribution in [2.24, 2.45) is 0 Å². The quantitative estimate of drug-likeness (QED) is 0.687. The molecule has 0 aromatic heterocycles. The van der Waals surface area contributed by atoms with E-state index in [1.807, 2.05) is 0 Å². The molecule has 0 nitrogen and oxygen atoms in total. The zero-order valence-electron chi connectivity index (χ0n) is 10.6. The number of benzene rings is 2. The van der Waals surface area contributed by atoms with E-state index in [0.29, 0.717) is 4.83 Å². The average molecular weight is 301 g/mol. The van der Waals surface area contributed by atoms with E-state index in [-0.39, 0.29) is 0 Å². The first kappa shape index (κ1) is 12.0. The minimum Gasteiger partial charge on any atom is -0.0786 e. The van der Waals surface area contributed by atoms with Crippen molar-refractivity contribution in [2.45, 2.75) is 31.0 Å². The van der Waals surface area contributed by atoms with E-state index in [0.717, 1.165) is 0 Å². The third-order valence-corrected chi connectivity index (χ3v) is 4.84. The van der Waals surface area contributed by atoms with Gasteiger partial charge < -0.3 is 0 Å². The largest absolute Gasteiger partial charge is 0.0786 e. The fourth-order valence-corrected chi connectivity index (χ4v) is 3.27. The molecule has 1 heteroatoms. The standard InChI is InChI=1S/C17H17Br/c1-12-5-7-14(8-6-12)17(18)16-10-9-13-3-2-4-15(13)11-16/h5-11,17H,2-4H2,1H3. The number of halogens is 1. The predicted octanol–water partition coefficient (Wildman–Crippen LogP) is 4.97. The van der Waals surface area contributed by atoms with Gasteiger partial charge in [0.15, 0.2) is 0 Å². The number of hydrogen-bond acceptors (Lipinski definition) is 0. The molecule has 1 unspecified atom stereocenters. The fourth-order valence-electron chi connectivity index (χ4n) is 2.68. The monoisotopic (exact) mass is 300 g/mol. The normalized spacial score (nSPS) is 15.4. The summed E-state index contributed by atoms with van der Waals surface area (Å²) < 4.78 is 0. The van der Waals surface area contributed by atoms with Gasteiger partial charge in [-0.3, -0.25) is 0 Å². The second-order valence-electron chi connectivity index (χ2n) is 5.15. The smallest absolute Gasteiger partial charge is 0.0644 e. The molecule has 1 aliphatic rings. The van der Waals surface area contributed by atoms with Gasteiger partial charge in [-0.15, -0.1) is 0 Å². The molecule has 92 valence electrons. The second kappa shape index (κ2) is 4.89. The molecule has 0 saturated heterocycles. The summed E-state index contributed by atoms with van der Waals surface area (Å²) in [4.78, 5) is 0.309. The van der Waals surface area contributed by atoms with Crippen molar-refractivity contribution in [3.63, 3.8) is 0 Å². The summed E-state index contributed by atoms with van der Waals surface area (Å²) in [6, 6.07) is 15.7. The van der Waals surface area contributed by atoms with Crippen LogP contribution in [0.25, 0.3) is 0 Å². The Morgan fingerprint density at radius 1 is 0.889 bits per heavy atom. The van der Waals surface area contributed by atoms with Crippen LogP contribution in [-0.4, -0.2) is 0 Å². The van der Waals surface area contributed by atoms with Crippen LogP contribution in [0.3, 0.4) is 0 Å². The summed E-state index contributed by atoms with van der Waals surface area (Å²) >= 11 is 3.83. The van der Waals surface area contributed by atoms with Crippen molar-refractivity contribution < 1.29 is 0 Å². The molecule has 0 radical (unpaired) electrons. The van der Waals surface area contributed by atoms with Crippen LogP contribution in [-0.2, 0) is 12.8 Å². The predicted molar refractivity (Wildman–Crippen MR) is 80.4 cm³/mol. The molecule has 0 saturated carbocycles. The molecule has 0 fully saturated rings. The van der Waals surface area contributed by atoms with Crippen LogP contribution in [0.1, 0.15) is 39.1 Å². The third-order valence-electron chi connectivity index (χ3n) is 3.79.